The number of ether oxygens (including phenoxy) is 2. The highest BCUT2D eigenvalue weighted by atomic mass is 79.9. The van der Waals surface area contributed by atoms with Crippen molar-refractivity contribution in [1.29, 1.82) is 0 Å². The lowest BCUT2D eigenvalue weighted by atomic mass is 10.1. The first-order valence-corrected chi connectivity index (χ1v) is 6.85. The van der Waals surface area contributed by atoms with Gasteiger partial charge in [-0.15, -0.1) is 0 Å². The Balaban J connectivity index is 2.73. The second-order valence-electron chi connectivity index (χ2n) is 5.26. The number of hydrogen-bond donors (Lipinski definition) is 1. The smallest absolute Gasteiger partial charge is 0.408 e. The van der Waals surface area contributed by atoms with E-state index in [9.17, 15) is 4.79 Å². The van der Waals surface area contributed by atoms with Gasteiger partial charge in [-0.25, -0.2) is 4.79 Å². The molecule has 5 heteroatoms. The predicted octanol–water partition coefficient (Wildman–Crippen LogP) is 4.04. The molecule has 1 N–H and O–H groups in total. The van der Waals surface area contributed by atoms with Gasteiger partial charge in [-0.05, 0) is 61.3 Å². The second kappa shape index (κ2) is 6.28. The van der Waals surface area contributed by atoms with Gasteiger partial charge in [-0.2, -0.15) is 0 Å². The van der Waals surface area contributed by atoms with Crippen LogP contribution in [0.25, 0.3) is 0 Å². The minimum atomic E-state index is -0.499. The Morgan fingerprint density at radius 2 is 2.00 bits per heavy atom. The van der Waals surface area contributed by atoms with Gasteiger partial charge < -0.3 is 14.8 Å². The third-order valence-corrected chi connectivity index (χ3v) is 3.06. The minimum absolute atomic E-state index is 0.156. The van der Waals surface area contributed by atoms with Crippen LogP contribution in [0, 0.1) is 0 Å². The molecule has 1 rings (SSSR count). The summed E-state index contributed by atoms with van der Waals surface area (Å²) in [6.07, 6.45) is -0.429. The molecule has 1 atom stereocenters. The number of nitrogens with one attached hydrogen (secondary N) is 1. The van der Waals surface area contributed by atoms with E-state index < -0.39 is 11.7 Å². The Morgan fingerprint density at radius 3 is 2.53 bits per heavy atom. The summed E-state index contributed by atoms with van der Waals surface area (Å²) < 4.78 is 11.3. The first kappa shape index (κ1) is 15.8. The van der Waals surface area contributed by atoms with Crippen molar-refractivity contribution in [3.05, 3.63) is 28.2 Å². The van der Waals surface area contributed by atoms with Gasteiger partial charge in [0.05, 0.1) is 17.6 Å². The van der Waals surface area contributed by atoms with Gasteiger partial charge in [0.1, 0.15) is 11.4 Å². The summed E-state index contributed by atoms with van der Waals surface area (Å²) in [5.41, 5.74) is 0.451. The summed E-state index contributed by atoms with van der Waals surface area (Å²) in [4.78, 5) is 11.7. The number of alkyl carbamates (subject to hydrolysis) is 1. The lowest BCUT2D eigenvalue weighted by molar-refractivity contribution is 0.0508. The normalized spacial score (nSPS) is 12.7. The largest absolute Gasteiger partial charge is 0.496 e. The van der Waals surface area contributed by atoms with E-state index in [1.807, 2.05) is 45.9 Å². The van der Waals surface area contributed by atoms with Crippen molar-refractivity contribution in [3.63, 3.8) is 0 Å². The van der Waals surface area contributed by atoms with E-state index in [0.29, 0.717) is 0 Å². The van der Waals surface area contributed by atoms with Crippen molar-refractivity contribution >= 4 is 22.0 Å². The summed E-state index contributed by atoms with van der Waals surface area (Å²) in [5, 5.41) is 2.79. The maximum absolute atomic E-state index is 11.7. The zero-order valence-electron chi connectivity index (χ0n) is 11.9. The van der Waals surface area contributed by atoms with Crippen LogP contribution in [0.15, 0.2) is 22.7 Å². The van der Waals surface area contributed by atoms with Gasteiger partial charge >= 0.3 is 6.09 Å². The maximum Gasteiger partial charge on any atom is 0.408 e. The first-order valence-electron chi connectivity index (χ1n) is 6.06. The Hall–Kier alpha value is -1.23. The number of carbonyl (C=O) groups is 1. The summed E-state index contributed by atoms with van der Waals surface area (Å²) in [6, 6.07) is 5.54. The molecular weight excluding hydrogens is 310 g/mol. The van der Waals surface area contributed by atoms with E-state index in [0.717, 1.165) is 15.8 Å². The van der Waals surface area contributed by atoms with E-state index in [4.69, 9.17) is 9.47 Å². The molecule has 0 fully saturated rings. The van der Waals surface area contributed by atoms with Crippen LogP contribution in [0.1, 0.15) is 39.3 Å². The van der Waals surface area contributed by atoms with Gasteiger partial charge in [0, 0.05) is 0 Å². The SMILES string of the molecule is COc1cc([C@@H](C)NC(=O)OC(C)(C)C)ccc1Br. The number of rotatable bonds is 3. The van der Waals surface area contributed by atoms with Gasteiger partial charge in [0.2, 0.25) is 0 Å². The number of halogens is 1. The lowest BCUT2D eigenvalue weighted by Crippen LogP contribution is -2.34. The van der Waals surface area contributed by atoms with Crippen molar-refractivity contribution in [3.8, 4) is 5.75 Å². The summed E-state index contributed by atoms with van der Waals surface area (Å²) in [5.74, 6) is 0.732. The van der Waals surface area contributed by atoms with Gasteiger partial charge in [-0.1, -0.05) is 6.07 Å². The van der Waals surface area contributed by atoms with E-state index >= 15 is 0 Å². The molecule has 1 amide bonds. The van der Waals surface area contributed by atoms with Crippen molar-refractivity contribution in [2.24, 2.45) is 0 Å². The molecule has 1 aromatic carbocycles. The van der Waals surface area contributed by atoms with Crippen LogP contribution < -0.4 is 10.1 Å². The van der Waals surface area contributed by atoms with E-state index in [-0.39, 0.29) is 6.04 Å². The zero-order chi connectivity index (χ0) is 14.6. The molecule has 0 aromatic heterocycles. The molecule has 19 heavy (non-hydrogen) atoms. The number of methoxy groups -OCH3 is 1. The van der Waals surface area contributed by atoms with Crippen LogP contribution in [0.4, 0.5) is 4.79 Å². The Kier molecular flexibility index (Phi) is 5.23. The van der Waals surface area contributed by atoms with Crippen LogP contribution in [-0.2, 0) is 4.74 Å². The number of benzene rings is 1. The number of amides is 1. The molecule has 0 aliphatic heterocycles. The molecular formula is C14H20BrNO3. The fraction of sp³-hybridized carbons (Fsp3) is 0.500. The van der Waals surface area contributed by atoms with Crippen LogP contribution in [0.3, 0.4) is 0 Å². The molecule has 4 nitrogen and oxygen atoms in total. The third kappa shape index (κ3) is 5.11. The standard InChI is InChI=1S/C14H20BrNO3/c1-9(16-13(17)19-14(2,3)4)10-6-7-11(15)12(8-10)18-5/h6-9H,1-5H3,(H,16,17)/t9-/m1/s1. The zero-order valence-corrected chi connectivity index (χ0v) is 13.5. The quantitative estimate of drug-likeness (QED) is 0.910. The van der Waals surface area contributed by atoms with Crippen molar-refractivity contribution in [2.45, 2.75) is 39.3 Å². The van der Waals surface area contributed by atoms with E-state index in [1.165, 1.54) is 0 Å². The predicted molar refractivity (Wildman–Crippen MR) is 78.5 cm³/mol. The summed E-state index contributed by atoms with van der Waals surface area (Å²) in [7, 11) is 1.61. The van der Waals surface area contributed by atoms with E-state index in [1.54, 1.807) is 7.11 Å². The molecule has 0 spiro atoms. The summed E-state index contributed by atoms with van der Waals surface area (Å²) in [6.45, 7) is 7.40. The van der Waals surface area contributed by atoms with Crippen molar-refractivity contribution in [1.82, 2.24) is 5.32 Å². The van der Waals surface area contributed by atoms with Crippen LogP contribution in [0.2, 0.25) is 0 Å². The molecule has 0 aliphatic rings. The Morgan fingerprint density at radius 1 is 1.37 bits per heavy atom. The lowest BCUT2D eigenvalue weighted by Gasteiger charge is -2.22. The Labute approximate surface area is 122 Å². The molecule has 0 radical (unpaired) electrons. The molecule has 0 bridgehead atoms. The average molecular weight is 330 g/mol. The van der Waals surface area contributed by atoms with Gasteiger partial charge in [-0.3, -0.25) is 0 Å². The molecule has 1 aromatic rings. The molecule has 106 valence electrons. The fourth-order valence-corrected chi connectivity index (χ4v) is 1.92. The first-order chi connectivity index (χ1) is 8.73. The molecule has 0 aliphatic carbocycles. The van der Waals surface area contributed by atoms with Crippen LogP contribution in [-0.4, -0.2) is 18.8 Å². The molecule has 0 heterocycles. The van der Waals surface area contributed by atoms with Crippen LogP contribution >= 0.6 is 15.9 Å². The monoisotopic (exact) mass is 329 g/mol. The highest BCUT2D eigenvalue weighted by Gasteiger charge is 2.18. The third-order valence-electron chi connectivity index (χ3n) is 2.41. The maximum atomic E-state index is 11.7. The summed E-state index contributed by atoms with van der Waals surface area (Å²) >= 11 is 3.39. The van der Waals surface area contributed by atoms with Gasteiger partial charge in [0.15, 0.2) is 0 Å². The highest BCUT2D eigenvalue weighted by molar-refractivity contribution is 9.10. The molecule has 0 saturated carbocycles. The fourth-order valence-electron chi connectivity index (χ4n) is 1.51. The highest BCUT2D eigenvalue weighted by Crippen LogP contribution is 2.28. The van der Waals surface area contributed by atoms with Gasteiger partial charge in [0.25, 0.3) is 0 Å². The van der Waals surface area contributed by atoms with Crippen LogP contribution in [0.5, 0.6) is 5.75 Å². The average Bonchev–Trinajstić information content (AvgIpc) is 2.26. The Bertz CT molecular complexity index is 454. The second-order valence-corrected chi connectivity index (χ2v) is 6.12. The number of hydrogen-bond acceptors (Lipinski definition) is 3. The molecule has 0 saturated heterocycles. The van der Waals surface area contributed by atoms with Crippen molar-refractivity contribution < 1.29 is 14.3 Å². The number of carbonyl (C=O) groups excluding carboxylic acids is 1. The minimum Gasteiger partial charge on any atom is -0.496 e. The molecule has 0 unspecified atom stereocenters. The van der Waals surface area contributed by atoms with E-state index in [2.05, 4.69) is 21.2 Å². The topological polar surface area (TPSA) is 47.6 Å². The van der Waals surface area contributed by atoms with Crippen molar-refractivity contribution in [2.75, 3.05) is 7.11 Å².